The van der Waals surface area contributed by atoms with Crippen LogP contribution in [0, 0.1) is 0 Å². The first kappa shape index (κ1) is 11.0. The molecule has 0 amide bonds. The lowest BCUT2D eigenvalue weighted by molar-refractivity contribution is 0.441. The Kier molecular flexibility index (Phi) is 2.61. The Morgan fingerprint density at radius 2 is 1.89 bits per heavy atom. The van der Waals surface area contributed by atoms with E-state index in [-0.39, 0.29) is 6.04 Å². The molecule has 2 N–H and O–H groups in total. The van der Waals surface area contributed by atoms with E-state index in [0.717, 1.165) is 27.8 Å². The van der Waals surface area contributed by atoms with E-state index in [2.05, 4.69) is 5.16 Å². The van der Waals surface area contributed by atoms with Crippen LogP contribution in [0.15, 0.2) is 53.1 Å². The van der Waals surface area contributed by atoms with Crippen molar-refractivity contribution in [3.05, 3.63) is 54.1 Å². The lowest BCUT2D eigenvalue weighted by atomic mass is 10.0. The lowest BCUT2D eigenvalue weighted by Crippen LogP contribution is -2.04. The molecule has 0 aliphatic heterocycles. The predicted molar refractivity (Wildman–Crippen MR) is 72.0 cm³/mol. The first-order chi connectivity index (χ1) is 8.75. The van der Waals surface area contributed by atoms with Crippen LogP contribution in [0.25, 0.3) is 22.2 Å². The molecule has 1 aromatic heterocycles. The normalized spacial score (nSPS) is 12.8. The average molecular weight is 238 g/mol. The zero-order valence-electron chi connectivity index (χ0n) is 10.1. The maximum Gasteiger partial charge on any atom is 0.174 e. The Hall–Kier alpha value is -2.13. The molecular formula is C15H14N2O. The molecule has 1 heterocycles. The summed E-state index contributed by atoms with van der Waals surface area (Å²) in [5, 5.41) is 5.13. The molecule has 2 aromatic carbocycles. The van der Waals surface area contributed by atoms with Crippen LogP contribution in [0.1, 0.15) is 18.5 Å². The van der Waals surface area contributed by atoms with Gasteiger partial charge in [0.15, 0.2) is 5.76 Å². The van der Waals surface area contributed by atoms with E-state index in [0.29, 0.717) is 0 Å². The maximum absolute atomic E-state index is 5.86. The van der Waals surface area contributed by atoms with Crippen molar-refractivity contribution in [2.75, 3.05) is 0 Å². The first-order valence-electron chi connectivity index (χ1n) is 5.96. The Balaban J connectivity index is 2.16. The lowest BCUT2D eigenvalue weighted by Gasteiger charge is -2.04. The quantitative estimate of drug-likeness (QED) is 0.743. The molecule has 3 rings (SSSR count). The highest BCUT2D eigenvalue weighted by molar-refractivity contribution is 5.91. The minimum Gasteiger partial charge on any atom is -0.355 e. The van der Waals surface area contributed by atoms with Crippen molar-refractivity contribution in [1.82, 2.24) is 5.16 Å². The van der Waals surface area contributed by atoms with Crippen LogP contribution in [-0.4, -0.2) is 5.16 Å². The molecule has 0 bridgehead atoms. The van der Waals surface area contributed by atoms with Gasteiger partial charge in [-0.05, 0) is 24.6 Å². The minimum atomic E-state index is 0.00581. The van der Waals surface area contributed by atoms with Crippen molar-refractivity contribution < 1.29 is 4.52 Å². The number of benzene rings is 2. The highest BCUT2D eigenvalue weighted by atomic mass is 16.5. The fourth-order valence-electron chi connectivity index (χ4n) is 2.04. The maximum atomic E-state index is 5.86. The number of aromatic nitrogens is 1. The number of nitrogens with two attached hydrogens (primary N) is 1. The Labute approximate surface area is 105 Å². The molecular weight excluding hydrogens is 224 g/mol. The van der Waals surface area contributed by atoms with Crippen LogP contribution < -0.4 is 5.73 Å². The molecule has 3 heteroatoms. The van der Waals surface area contributed by atoms with Gasteiger partial charge in [-0.25, -0.2) is 0 Å². The summed E-state index contributed by atoms with van der Waals surface area (Å²) in [5.41, 5.74) is 8.82. The molecule has 0 aliphatic carbocycles. The van der Waals surface area contributed by atoms with Gasteiger partial charge in [-0.1, -0.05) is 41.6 Å². The van der Waals surface area contributed by atoms with E-state index in [4.69, 9.17) is 10.3 Å². The summed E-state index contributed by atoms with van der Waals surface area (Å²) in [4.78, 5) is 0. The number of fused-ring (bicyclic) bond motifs is 1. The van der Waals surface area contributed by atoms with E-state index in [1.165, 1.54) is 0 Å². The molecule has 0 radical (unpaired) electrons. The fraction of sp³-hybridized carbons (Fsp3) is 0.133. The van der Waals surface area contributed by atoms with Crippen molar-refractivity contribution in [2.45, 2.75) is 13.0 Å². The molecule has 1 unspecified atom stereocenters. The van der Waals surface area contributed by atoms with Crippen LogP contribution in [0.3, 0.4) is 0 Å². The highest BCUT2D eigenvalue weighted by Gasteiger charge is 2.11. The number of hydrogen-bond donors (Lipinski definition) is 1. The van der Waals surface area contributed by atoms with Crippen LogP contribution in [0.2, 0.25) is 0 Å². The SMILES string of the molecule is CC(N)c1ccc2c(-c3ccccc3)onc2c1. The van der Waals surface area contributed by atoms with E-state index < -0.39 is 0 Å². The molecule has 0 aliphatic rings. The van der Waals surface area contributed by atoms with E-state index >= 15 is 0 Å². The number of rotatable bonds is 2. The standard InChI is InChI=1S/C15H14N2O/c1-10(16)12-7-8-13-14(9-12)17-18-15(13)11-5-3-2-4-6-11/h2-10H,16H2,1H3. The summed E-state index contributed by atoms with van der Waals surface area (Å²) in [6.45, 7) is 1.96. The third kappa shape index (κ3) is 1.79. The third-order valence-electron chi connectivity index (χ3n) is 3.06. The summed E-state index contributed by atoms with van der Waals surface area (Å²) in [7, 11) is 0. The van der Waals surface area contributed by atoms with Crippen molar-refractivity contribution in [3.63, 3.8) is 0 Å². The van der Waals surface area contributed by atoms with Gasteiger partial charge in [0.1, 0.15) is 5.52 Å². The van der Waals surface area contributed by atoms with E-state index in [9.17, 15) is 0 Å². The zero-order valence-corrected chi connectivity index (χ0v) is 10.1. The Morgan fingerprint density at radius 3 is 2.61 bits per heavy atom. The molecule has 1 atom stereocenters. The molecule has 3 nitrogen and oxygen atoms in total. The second-order valence-electron chi connectivity index (χ2n) is 4.44. The van der Waals surface area contributed by atoms with Gasteiger partial charge in [0.2, 0.25) is 0 Å². The molecule has 0 spiro atoms. The summed E-state index contributed by atoms with van der Waals surface area (Å²) >= 11 is 0. The topological polar surface area (TPSA) is 52.0 Å². The van der Waals surface area contributed by atoms with E-state index in [1.54, 1.807) is 0 Å². The van der Waals surface area contributed by atoms with Crippen molar-refractivity contribution in [1.29, 1.82) is 0 Å². The van der Waals surface area contributed by atoms with Gasteiger partial charge in [0, 0.05) is 17.0 Å². The van der Waals surface area contributed by atoms with Gasteiger partial charge >= 0.3 is 0 Å². The molecule has 3 aromatic rings. The second-order valence-corrected chi connectivity index (χ2v) is 4.44. The van der Waals surface area contributed by atoms with Gasteiger partial charge < -0.3 is 10.3 Å². The number of hydrogen-bond acceptors (Lipinski definition) is 3. The molecule has 0 fully saturated rings. The number of nitrogens with zero attached hydrogens (tertiary/aromatic N) is 1. The summed E-state index contributed by atoms with van der Waals surface area (Å²) in [5.74, 6) is 0.807. The Bertz CT molecular complexity index is 671. The zero-order chi connectivity index (χ0) is 12.5. The van der Waals surface area contributed by atoms with Gasteiger partial charge in [0.05, 0.1) is 0 Å². The van der Waals surface area contributed by atoms with Crippen LogP contribution in [-0.2, 0) is 0 Å². The summed E-state index contributed by atoms with van der Waals surface area (Å²) in [6.07, 6.45) is 0. The smallest absolute Gasteiger partial charge is 0.174 e. The Morgan fingerprint density at radius 1 is 1.11 bits per heavy atom. The second kappa shape index (κ2) is 4.27. The first-order valence-corrected chi connectivity index (χ1v) is 5.96. The van der Waals surface area contributed by atoms with Crippen LogP contribution in [0.4, 0.5) is 0 Å². The van der Waals surface area contributed by atoms with Crippen LogP contribution in [0.5, 0.6) is 0 Å². The van der Waals surface area contributed by atoms with Crippen molar-refractivity contribution >= 4 is 10.9 Å². The fourth-order valence-corrected chi connectivity index (χ4v) is 2.04. The summed E-state index contributed by atoms with van der Waals surface area (Å²) in [6, 6.07) is 16.0. The highest BCUT2D eigenvalue weighted by Crippen LogP contribution is 2.29. The van der Waals surface area contributed by atoms with Gasteiger partial charge in [0.25, 0.3) is 0 Å². The van der Waals surface area contributed by atoms with Gasteiger partial charge in [-0.3, -0.25) is 0 Å². The van der Waals surface area contributed by atoms with Crippen LogP contribution >= 0.6 is 0 Å². The van der Waals surface area contributed by atoms with Gasteiger partial charge in [-0.2, -0.15) is 0 Å². The molecule has 18 heavy (non-hydrogen) atoms. The predicted octanol–water partition coefficient (Wildman–Crippen LogP) is 3.51. The molecule has 0 saturated heterocycles. The third-order valence-corrected chi connectivity index (χ3v) is 3.06. The largest absolute Gasteiger partial charge is 0.355 e. The van der Waals surface area contributed by atoms with Crippen molar-refractivity contribution in [2.24, 2.45) is 5.73 Å². The minimum absolute atomic E-state index is 0.00581. The summed E-state index contributed by atoms with van der Waals surface area (Å²) < 4.78 is 5.45. The molecule has 0 saturated carbocycles. The average Bonchev–Trinajstić information content (AvgIpc) is 2.82. The monoisotopic (exact) mass is 238 g/mol. The van der Waals surface area contributed by atoms with E-state index in [1.807, 2.05) is 55.5 Å². The van der Waals surface area contributed by atoms with Crippen molar-refractivity contribution in [3.8, 4) is 11.3 Å². The van der Waals surface area contributed by atoms with Gasteiger partial charge in [-0.15, -0.1) is 0 Å². The molecule has 90 valence electrons.